The SMILES string of the molecule is N#CC1=CCCC(c2nc3ccccc3nc2C2=CC(c3ccc4ccccc4c3)N=C(c3ccc4ccccc4c3)N2)=C1. The molecule has 0 saturated carbocycles. The van der Waals surface area contributed by atoms with Crippen LogP contribution in [0.5, 0.6) is 0 Å². The molecular formula is C39H27N5. The van der Waals surface area contributed by atoms with E-state index in [0.717, 1.165) is 68.9 Å². The second-order valence-electron chi connectivity index (χ2n) is 11.2. The number of benzene rings is 5. The number of aromatic nitrogens is 2. The second-order valence-corrected chi connectivity index (χ2v) is 11.2. The highest BCUT2D eigenvalue weighted by molar-refractivity contribution is 6.07. The molecule has 208 valence electrons. The van der Waals surface area contributed by atoms with E-state index in [-0.39, 0.29) is 6.04 Å². The van der Waals surface area contributed by atoms with Gasteiger partial charge in [-0.05, 0) is 81.9 Å². The first-order chi connectivity index (χ1) is 21.7. The molecule has 2 heterocycles. The number of hydrogen-bond acceptors (Lipinski definition) is 5. The minimum absolute atomic E-state index is 0.242. The van der Waals surface area contributed by atoms with Crippen molar-refractivity contribution in [1.82, 2.24) is 15.3 Å². The number of nitriles is 1. The zero-order chi connectivity index (χ0) is 29.5. The Hall–Kier alpha value is -5.86. The first kappa shape index (κ1) is 25.8. The molecule has 5 nitrogen and oxygen atoms in total. The van der Waals surface area contributed by atoms with E-state index in [9.17, 15) is 5.26 Å². The molecule has 0 radical (unpaired) electrons. The Labute approximate surface area is 255 Å². The lowest BCUT2D eigenvalue weighted by Crippen LogP contribution is -2.29. The molecule has 0 bridgehead atoms. The van der Waals surface area contributed by atoms with Crippen molar-refractivity contribution in [2.75, 3.05) is 0 Å². The van der Waals surface area contributed by atoms with Crippen LogP contribution in [-0.4, -0.2) is 15.8 Å². The van der Waals surface area contributed by atoms with Gasteiger partial charge in [-0.3, -0.25) is 4.99 Å². The quantitative estimate of drug-likeness (QED) is 0.232. The summed E-state index contributed by atoms with van der Waals surface area (Å²) in [6.45, 7) is 0. The Kier molecular flexibility index (Phi) is 6.31. The van der Waals surface area contributed by atoms with Gasteiger partial charge in [-0.2, -0.15) is 5.26 Å². The molecule has 5 aromatic carbocycles. The lowest BCUT2D eigenvalue weighted by molar-refractivity contribution is 0.878. The van der Waals surface area contributed by atoms with Crippen LogP contribution in [0.3, 0.4) is 0 Å². The van der Waals surface area contributed by atoms with Crippen molar-refractivity contribution in [1.29, 1.82) is 5.26 Å². The van der Waals surface area contributed by atoms with Gasteiger partial charge in [0, 0.05) is 11.1 Å². The first-order valence-electron chi connectivity index (χ1n) is 14.8. The summed E-state index contributed by atoms with van der Waals surface area (Å²) in [5.41, 5.74) is 7.81. The van der Waals surface area contributed by atoms with Crippen molar-refractivity contribution in [3.05, 3.63) is 156 Å². The maximum Gasteiger partial charge on any atom is 0.133 e. The number of fused-ring (bicyclic) bond motifs is 3. The molecule has 1 unspecified atom stereocenters. The molecule has 2 aliphatic rings. The second kappa shape index (κ2) is 10.8. The van der Waals surface area contributed by atoms with E-state index in [4.69, 9.17) is 15.0 Å². The fourth-order valence-electron chi connectivity index (χ4n) is 6.10. The van der Waals surface area contributed by atoms with Gasteiger partial charge < -0.3 is 5.32 Å². The molecule has 1 atom stereocenters. The molecule has 1 aromatic heterocycles. The summed E-state index contributed by atoms with van der Waals surface area (Å²) < 4.78 is 0. The van der Waals surface area contributed by atoms with Crippen LogP contribution in [0, 0.1) is 11.3 Å². The predicted octanol–water partition coefficient (Wildman–Crippen LogP) is 8.70. The van der Waals surface area contributed by atoms with E-state index in [1.807, 2.05) is 36.4 Å². The Bertz CT molecular complexity index is 2280. The number of para-hydroxylation sites is 2. The molecule has 0 spiro atoms. The Morgan fingerprint density at radius 3 is 2.11 bits per heavy atom. The molecule has 1 aliphatic carbocycles. The van der Waals surface area contributed by atoms with Gasteiger partial charge in [0.2, 0.25) is 0 Å². The molecule has 0 fully saturated rings. The summed E-state index contributed by atoms with van der Waals surface area (Å²) in [4.78, 5) is 15.6. The van der Waals surface area contributed by atoms with Crippen LogP contribution in [0.1, 0.15) is 41.4 Å². The maximum atomic E-state index is 9.68. The average molecular weight is 566 g/mol. The molecule has 44 heavy (non-hydrogen) atoms. The minimum atomic E-state index is -0.242. The Morgan fingerprint density at radius 1 is 0.705 bits per heavy atom. The summed E-state index contributed by atoms with van der Waals surface area (Å²) in [6.07, 6.45) is 7.67. The summed E-state index contributed by atoms with van der Waals surface area (Å²) in [6, 6.07) is 39.8. The van der Waals surface area contributed by atoms with Crippen LogP contribution < -0.4 is 5.32 Å². The van der Waals surface area contributed by atoms with E-state index in [1.165, 1.54) is 16.2 Å². The smallest absolute Gasteiger partial charge is 0.133 e. The van der Waals surface area contributed by atoms with Crippen LogP contribution in [0.4, 0.5) is 0 Å². The summed E-state index contributed by atoms with van der Waals surface area (Å²) in [5, 5.41) is 18.0. The van der Waals surface area contributed by atoms with Crippen LogP contribution in [0.2, 0.25) is 0 Å². The van der Waals surface area contributed by atoms with Crippen molar-refractivity contribution in [3.63, 3.8) is 0 Å². The number of aliphatic imine (C=N–C) groups is 1. The first-order valence-corrected chi connectivity index (χ1v) is 14.8. The van der Waals surface area contributed by atoms with Crippen molar-refractivity contribution in [3.8, 4) is 6.07 Å². The molecule has 1 aliphatic heterocycles. The summed E-state index contributed by atoms with van der Waals surface area (Å²) >= 11 is 0. The van der Waals surface area contributed by atoms with E-state index in [1.54, 1.807) is 0 Å². The molecule has 0 saturated heterocycles. The number of rotatable bonds is 4. The lowest BCUT2D eigenvalue weighted by Gasteiger charge is -2.25. The lowest BCUT2D eigenvalue weighted by atomic mass is 9.94. The van der Waals surface area contributed by atoms with Gasteiger partial charge in [0.15, 0.2) is 0 Å². The van der Waals surface area contributed by atoms with Gasteiger partial charge in [0.1, 0.15) is 11.5 Å². The normalized spacial score (nSPS) is 16.5. The van der Waals surface area contributed by atoms with Gasteiger partial charge in [-0.25, -0.2) is 9.97 Å². The summed E-state index contributed by atoms with van der Waals surface area (Å²) in [7, 11) is 0. The largest absolute Gasteiger partial charge is 0.338 e. The molecule has 8 rings (SSSR count). The van der Waals surface area contributed by atoms with Gasteiger partial charge in [-0.15, -0.1) is 0 Å². The topological polar surface area (TPSA) is 74.0 Å². The van der Waals surface area contributed by atoms with E-state index in [2.05, 4.69) is 102 Å². The fraction of sp³-hybridized carbons (Fsp3) is 0.0769. The van der Waals surface area contributed by atoms with Gasteiger partial charge in [0.05, 0.1) is 34.5 Å². The highest BCUT2D eigenvalue weighted by Gasteiger charge is 2.25. The molecular weight excluding hydrogens is 538 g/mol. The number of amidine groups is 1. The zero-order valence-electron chi connectivity index (χ0n) is 23.9. The van der Waals surface area contributed by atoms with Crippen LogP contribution in [0.25, 0.3) is 43.8 Å². The van der Waals surface area contributed by atoms with Crippen LogP contribution in [0.15, 0.2) is 138 Å². The standard InChI is InChI=1S/C39H27N5/c40-24-25-8-7-13-31(20-25)37-38(42-34-15-6-5-14-33(34)41-37)36-23-35(30-18-16-26-9-1-3-11-28(26)21-30)43-39(44-36)32-19-17-27-10-2-4-12-29(27)22-32/h1-6,8-12,14-23,35H,7,13H2,(H,43,44). The highest BCUT2D eigenvalue weighted by Crippen LogP contribution is 2.35. The maximum absolute atomic E-state index is 9.68. The third kappa shape index (κ3) is 4.73. The third-order valence-electron chi connectivity index (χ3n) is 8.35. The van der Waals surface area contributed by atoms with Crippen molar-refractivity contribution >= 4 is 49.7 Å². The van der Waals surface area contributed by atoms with Crippen molar-refractivity contribution < 1.29 is 0 Å². The molecule has 6 aromatic rings. The number of nitrogens with zero attached hydrogens (tertiary/aromatic N) is 4. The minimum Gasteiger partial charge on any atom is -0.338 e. The number of nitrogens with one attached hydrogen (secondary N) is 1. The highest BCUT2D eigenvalue weighted by atomic mass is 15.1. The molecule has 0 amide bonds. The van der Waals surface area contributed by atoms with Crippen molar-refractivity contribution in [2.24, 2.45) is 4.99 Å². The average Bonchev–Trinajstić information content (AvgIpc) is 3.10. The predicted molar refractivity (Wildman–Crippen MR) is 179 cm³/mol. The zero-order valence-corrected chi connectivity index (χ0v) is 23.9. The van der Waals surface area contributed by atoms with Crippen LogP contribution in [-0.2, 0) is 0 Å². The van der Waals surface area contributed by atoms with E-state index < -0.39 is 0 Å². The Morgan fingerprint density at radius 2 is 1.36 bits per heavy atom. The van der Waals surface area contributed by atoms with Gasteiger partial charge >= 0.3 is 0 Å². The number of allylic oxidation sites excluding steroid dienone is 4. The molecule has 5 heteroatoms. The Balaban J connectivity index is 1.32. The number of hydrogen-bond donors (Lipinski definition) is 1. The monoisotopic (exact) mass is 565 g/mol. The summed E-state index contributed by atoms with van der Waals surface area (Å²) in [5.74, 6) is 0.780. The van der Waals surface area contributed by atoms with Crippen molar-refractivity contribution in [2.45, 2.75) is 18.9 Å². The fourth-order valence-corrected chi connectivity index (χ4v) is 6.10. The molecule has 1 N–H and O–H groups in total. The van der Waals surface area contributed by atoms with E-state index in [0.29, 0.717) is 5.57 Å². The van der Waals surface area contributed by atoms with E-state index >= 15 is 0 Å². The third-order valence-corrected chi connectivity index (χ3v) is 8.35. The van der Waals surface area contributed by atoms with Crippen LogP contribution >= 0.6 is 0 Å². The van der Waals surface area contributed by atoms with Gasteiger partial charge in [0.25, 0.3) is 0 Å². The van der Waals surface area contributed by atoms with Gasteiger partial charge in [-0.1, -0.05) is 91.0 Å².